The van der Waals surface area contributed by atoms with Gasteiger partial charge in [-0.1, -0.05) is 66.8 Å². The molecule has 2 aliphatic carbocycles. The molecule has 2 aliphatic rings. The number of methoxy groups -OCH3 is 1. The molecule has 1 aromatic heterocycles. The fourth-order valence-electron chi connectivity index (χ4n) is 7.39. The molecule has 1 atom stereocenters. The third-order valence-corrected chi connectivity index (χ3v) is 9.67. The van der Waals surface area contributed by atoms with Crippen molar-refractivity contribution in [3.05, 3.63) is 125 Å². The summed E-state index contributed by atoms with van der Waals surface area (Å²) in [5.74, 6) is 2.20. The van der Waals surface area contributed by atoms with E-state index in [4.69, 9.17) is 19.7 Å². The zero-order valence-electron chi connectivity index (χ0n) is 26.1. The van der Waals surface area contributed by atoms with Crippen LogP contribution < -0.4 is 14.7 Å². The first-order valence-electron chi connectivity index (χ1n) is 15.7. The first kappa shape index (κ1) is 28.4. The second kappa shape index (κ2) is 11.4. The monoisotopic (exact) mass is 610 g/mol. The molecule has 47 heavy (non-hydrogen) atoms. The standard InChI is InChI=1S/C41H30N4O2/c1-45-38(27-6-4-3-5-7-27)23-44-41(45)37-21-36(26-10-14-30(15-11-26)47-24-43)33-17-16-31-28(22-42)20-35(25-8-12-29(46-2)13-9-25)32-18-19-34(37)40(33)39(31)32/h4,6-19,21,23,35H,3,5,20H2,1-2H3. The highest BCUT2D eigenvalue weighted by atomic mass is 16.5. The van der Waals surface area contributed by atoms with Crippen molar-refractivity contribution < 1.29 is 9.47 Å². The number of benzene rings is 5. The Hall–Kier alpha value is -6.11. The van der Waals surface area contributed by atoms with Crippen molar-refractivity contribution in [1.29, 1.82) is 10.5 Å². The van der Waals surface area contributed by atoms with E-state index in [1.807, 2.05) is 42.6 Å². The molecule has 0 bridgehead atoms. The number of hydrogen-bond donors (Lipinski definition) is 0. The lowest BCUT2D eigenvalue weighted by Gasteiger charge is -2.27. The summed E-state index contributed by atoms with van der Waals surface area (Å²) >= 11 is 0. The maximum absolute atomic E-state index is 10.4. The van der Waals surface area contributed by atoms with Crippen LogP contribution in [0.4, 0.5) is 0 Å². The molecule has 1 unspecified atom stereocenters. The highest BCUT2D eigenvalue weighted by Crippen LogP contribution is 2.46. The molecule has 5 aromatic carbocycles. The Bertz CT molecular complexity index is 2420. The van der Waals surface area contributed by atoms with Crippen molar-refractivity contribution in [3.8, 4) is 46.3 Å². The molecule has 0 fully saturated rings. The number of allylic oxidation sites excluding steroid dienone is 4. The summed E-state index contributed by atoms with van der Waals surface area (Å²) in [5.41, 5.74) is 8.46. The molecule has 0 amide bonds. The normalized spacial score (nSPS) is 15.4. The molecule has 0 saturated heterocycles. The molecule has 0 radical (unpaired) electrons. The van der Waals surface area contributed by atoms with E-state index in [0.717, 1.165) is 84.7 Å². The van der Waals surface area contributed by atoms with E-state index >= 15 is 0 Å². The second-order valence-electron chi connectivity index (χ2n) is 12.1. The van der Waals surface area contributed by atoms with Gasteiger partial charge < -0.3 is 14.0 Å². The van der Waals surface area contributed by atoms with Crippen molar-refractivity contribution in [2.75, 3.05) is 7.11 Å². The van der Waals surface area contributed by atoms with Gasteiger partial charge in [0.15, 0.2) is 0 Å². The van der Waals surface area contributed by atoms with Gasteiger partial charge in [-0.25, -0.2) is 4.98 Å². The van der Waals surface area contributed by atoms with Crippen LogP contribution in [0, 0.1) is 22.8 Å². The van der Waals surface area contributed by atoms with E-state index in [1.54, 1.807) is 13.4 Å². The van der Waals surface area contributed by atoms with Gasteiger partial charge in [-0.05, 0) is 104 Å². The van der Waals surface area contributed by atoms with Crippen LogP contribution in [0.15, 0.2) is 103 Å². The third-order valence-electron chi connectivity index (χ3n) is 9.67. The van der Waals surface area contributed by atoms with Gasteiger partial charge in [0, 0.05) is 24.1 Å². The third kappa shape index (κ3) is 4.57. The van der Waals surface area contributed by atoms with Gasteiger partial charge in [0.25, 0.3) is 6.26 Å². The molecule has 6 heteroatoms. The van der Waals surface area contributed by atoms with E-state index < -0.39 is 0 Å². The lowest BCUT2D eigenvalue weighted by Crippen LogP contribution is -2.19. The van der Waals surface area contributed by atoms with Crippen LogP contribution in [0.5, 0.6) is 11.5 Å². The van der Waals surface area contributed by atoms with Crippen molar-refractivity contribution in [2.24, 2.45) is 7.05 Å². The SMILES string of the molecule is COc1ccc(C2CC(C#N)=c3ccc4c(-c5ccc(OC#N)cc5)cc(-c5ncc(C6=CCCC=C6)n5C)c5ccc2c3c45)cc1. The summed E-state index contributed by atoms with van der Waals surface area (Å²) in [6.45, 7) is 0. The molecule has 226 valence electrons. The topological polar surface area (TPSA) is 83.9 Å². The van der Waals surface area contributed by atoms with Gasteiger partial charge in [-0.15, -0.1) is 5.26 Å². The Balaban J connectivity index is 1.44. The molecule has 1 heterocycles. The highest BCUT2D eigenvalue weighted by Gasteiger charge is 2.28. The minimum Gasteiger partial charge on any atom is -0.497 e. The summed E-state index contributed by atoms with van der Waals surface area (Å²) in [5, 5.41) is 24.9. The van der Waals surface area contributed by atoms with E-state index in [9.17, 15) is 5.26 Å². The number of aromatic nitrogens is 2. The van der Waals surface area contributed by atoms with Gasteiger partial charge in [0.1, 0.15) is 17.3 Å². The van der Waals surface area contributed by atoms with E-state index in [1.165, 1.54) is 11.1 Å². The molecule has 8 rings (SSSR count). The largest absolute Gasteiger partial charge is 0.497 e. The smallest absolute Gasteiger partial charge is 0.292 e. The fraction of sp³-hybridized carbons (Fsp3) is 0.146. The second-order valence-corrected chi connectivity index (χ2v) is 12.1. The maximum Gasteiger partial charge on any atom is 0.292 e. The highest BCUT2D eigenvalue weighted by molar-refractivity contribution is 6.21. The Kier molecular flexibility index (Phi) is 6.85. The van der Waals surface area contributed by atoms with Crippen LogP contribution in [0.3, 0.4) is 0 Å². The number of ether oxygens (including phenoxy) is 2. The minimum atomic E-state index is 0.0253. The van der Waals surface area contributed by atoms with Crippen molar-refractivity contribution in [1.82, 2.24) is 9.55 Å². The molecule has 0 N–H and O–H groups in total. The molecular weight excluding hydrogens is 580 g/mol. The van der Waals surface area contributed by atoms with Gasteiger partial charge in [0.05, 0.1) is 25.1 Å². The molecule has 0 saturated carbocycles. The maximum atomic E-state index is 10.4. The first-order chi connectivity index (χ1) is 23.1. The van der Waals surface area contributed by atoms with E-state index in [-0.39, 0.29) is 5.92 Å². The van der Waals surface area contributed by atoms with Crippen molar-refractivity contribution in [2.45, 2.75) is 25.2 Å². The number of nitriles is 2. The Morgan fingerprint density at radius 1 is 0.851 bits per heavy atom. The quantitative estimate of drug-likeness (QED) is 0.176. The molecule has 6 aromatic rings. The lowest BCUT2D eigenvalue weighted by atomic mass is 9.76. The van der Waals surface area contributed by atoms with Crippen LogP contribution in [-0.4, -0.2) is 16.7 Å². The Labute approximate surface area is 272 Å². The summed E-state index contributed by atoms with van der Waals surface area (Å²) in [7, 11) is 3.75. The summed E-state index contributed by atoms with van der Waals surface area (Å²) in [6, 6.07) is 29.4. The van der Waals surface area contributed by atoms with Crippen molar-refractivity contribution >= 4 is 32.7 Å². The summed E-state index contributed by atoms with van der Waals surface area (Å²) < 4.78 is 12.7. The predicted octanol–water partition coefficient (Wildman–Crippen LogP) is 8.59. The van der Waals surface area contributed by atoms with Gasteiger partial charge >= 0.3 is 0 Å². The average molecular weight is 611 g/mol. The van der Waals surface area contributed by atoms with Gasteiger partial charge in [-0.3, -0.25) is 0 Å². The van der Waals surface area contributed by atoms with Crippen LogP contribution >= 0.6 is 0 Å². The first-order valence-corrected chi connectivity index (χ1v) is 15.7. The molecule has 0 spiro atoms. The zero-order valence-corrected chi connectivity index (χ0v) is 26.1. The molecule has 0 aliphatic heterocycles. The van der Waals surface area contributed by atoms with Crippen molar-refractivity contribution in [3.63, 3.8) is 0 Å². The van der Waals surface area contributed by atoms with Crippen LogP contribution in [0.2, 0.25) is 0 Å². The molecule has 6 nitrogen and oxygen atoms in total. The predicted molar refractivity (Wildman–Crippen MR) is 185 cm³/mol. The lowest BCUT2D eigenvalue weighted by molar-refractivity contribution is 0.414. The van der Waals surface area contributed by atoms with Crippen LogP contribution in [-0.2, 0) is 7.05 Å². The molecular formula is C41H30N4O2. The summed E-state index contributed by atoms with van der Waals surface area (Å²) in [6.07, 6.45) is 13.1. The van der Waals surface area contributed by atoms with Crippen LogP contribution in [0.1, 0.15) is 42.0 Å². The van der Waals surface area contributed by atoms with Gasteiger partial charge in [-0.2, -0.15) is 5.26 Å². The van der Waals surface area contributed by atoms with Crippen LogP contribution in [0.25, 0.3) is 55.2 Å². The van der Waals surface area contributed by atoms with E-state index in [2.05, 4.69) is 78.4 Å². The fourth-order valence-corrected chi connectivity index (χ4v) is 7.39. The zero-order chi connectivity index (χ0) is 32.1. The Morgan fingerprint density at radius 2 is 1.62 bits per heavy atom. The number of imidazole rings is 1. The van der Waals surface area contributed by atoms with Gasteiger partial charge in [0.2, 0.25) is 0 Å². The number of hydrogen-bond acceptors (Lipinski definition) is 5. The Morgan fingerprint density at radius 3 is 2.34 bits per heavy atom. The number of nitrogens with zero attached hydrogens (tertiary/aromatic N) is 4. The van der Waals surface area contributed by atoms with E-state index in [0.29, 0.717) is 12.2 Å². The number of rotatable bonds is 6. The minimum absolute atomic E-state index is 0.0253. The average Bonchev–Trinajstić information content (AvgIpc) is 3.51. The summed E-state index contributed by atoms with van der Waals surface area (Å²) in [4.78, 5) is 5.01.